The third-order valence-corrected chi connectivity index (χ3v) is 3.88. The predicted octanol–water partition coefficient (Wildman–Crippen LogP) is 1.60. The summed E-state index contributed by atoms with van der Waals surface area (Å²) in [5.41, 5.74) is 1.09. The van der Waals surface area contributed by atoms with Crippen LogP contribution in [0.15, 0.2) is 0 Å². The molecule has 1 aliphatic heterocycles. The Morgan fingerprint density at radius 1 is 1.42 bits per heavy atom. The second-order valence-corrected chi connectivity index (χ2v) is 5.32. The van der Waals surface area contributed by atoms with Crippen LogP contribution in [0, 0.1) is 12.8 Å². The van der Waals surface area contributed by atoms with E-state index in [1.54, 1.807) is 0 Å². The van der Waals surface area contributed by atoms with Gasteiger partial charge in [-0.05, 0) is 19.3 Å². The SMILES string of the molecule is CCc1nc(NC)c(C)c(N2CCC(O)C(C)C2)n1. The van der Waals surface area contributed by atoms with Crippen LogP contribution in [-0.4, -0.2) is 41.3 Å². The van der Waals surface area contributed by atoms with Crippen LogP contribution in [0.4, 0.5) is 11.6 Å². The topological polar surface area (TPSA) is 61.3 Å². The summed E-state index contributed by atoms with van der Waals surface area (Å²) in [6.07, 6.45) is 1.45. The number of piperidine rings is 1. The molecule has 0 amide bonds. The van der Waals surface area contributed by atoms with Gasteiger partial charge in [0.1, 0.15) is 17.5 Å². The highest BCUT2D eigenvalue weighted by Crippen LogP contribution is 2.27. The number of rotatable bonds is 3. The minimum absolute atomic E-state index is 0.187. The first-order valence-electron chi connectivity index (χ1n) is 7.05. The van der Waals surface area contributed by atoms with Gasteiger partial charge in [-0.1, -0.05) is 13.8 Å². The summed E-state index contributed by atoms with van der Waals surface area (Å²) in [4.78, 5) is 11.4. The van der Waals surface area contributed by atoms with Crippen molar-refractivity contribution < 1.29 is 5.11 Å². The monoisotopic (exact) mass is 264 g/mol. The number of aliphatic hydroxyl groups excluding tert-OH is 1. The minimum atomic E-state index is -0.187. The molecular weight excluding hydrogens is 240 g/mol. The van der Waals surface area contributed by atoms with Gasteiger partial charge in [-0.3, -0.25) is 0 Å². The lowest BCUT2D eigenvalue weighted by atomic mass is 9.96. The van der Waals surface area contributed by atoms with Crippen LogP contribution in [0.25, 0.3) is 0 Å². The van der Waals surface area contributed by atoms with Gasteiger partial charge in [0.2, 0.25) is 0 Å². The molecule has 2 heterocycles. The Hall–Kier alpha value is -1.36. The van der Waals surface area contributed by atoms with Crippen molar-refractivity contribution in [3.8, 4) is 0 Å². The zero-order valence-electron chi connectivity index (χ0n) is 12.3. The van der Waals surface area contributed by atoms with Gasteiger partial charge in [-0.2, -0.15) is 0 Å². The third kappa shape index (κ3) is 2.81. The molecule has 19 heavy (non-hydrogen) atoms. The summed E-state index contributed by atoms with van der Waals surface area (Å²) in [7, 11) is 1.89. The van der Waals surface area contributed by atoms with Crippen LogP contribution in [-0.2, 0) is 6.42 Å². The van der Waals surface area contributed by atoms with Gasteiger partial charge < -0.3 is 15.3 Å². The predicted molar refractivity (Wildman–Crippen MR) is 77.7 cm³/mol. The number of hydrogen-bond acceptors (Lipinski definition) is 5. The van der Waals surface area contributed by atoms with Crippen molar-refractivity contribution in [1.82, 2.24) is 9.97 Å². The van der Waals surface area contributed by atoms with E-state index in [1.165, 1.54) is 0 Å². The lowest BCUT2D eigenvalue weighted by Crippen LogP contribution is -2.42. The van der Waals surface area contributed by atoms with E-state index in [1.807, 2.05) is 7.05 Å². The molecule has 1 aromatic heterocycles. The van der Waals surface area contributed by atoms with Gasteiger partial charge >= 0.3 is 0 Å². The highest BCUT2D eigenvalue weighted by Gasteiger charge is 2.26. The molecule has 2 atom stereocenters. The van der Waals surface area contributed by atoms with Crippen LogP contribution in [0.3, 0.4) is 0 Å². The van der Waals surface area contributed by atoms with Crippen LogP contribution in [0.1, 0.15) is 31.7 Å². The Labute approximate surface area is 115 Å². The minimum Gasteiger partial charge on any atom is -0.393 e. The number of hydrogen-bond donors (Lipinski definition) is 2. The molecule has 2 unspecified atom stereocenters. The first-order chi connectivity index (χ1) is 9.06. The lowest BCUT2D eigenvalue weighted by Gasteiger charge is -2.36. The Kier molecular flexibility index (Phi) is 4.24. The molecule has 0 saturated carbocycles. The summed E-state index contributed by atoms with van der Waals surface area (Å²) in [6, 6.07) is 0. The van der Waals surface area contributed by atoms with E-state index in [-0.39, 0.29) is 12.0 Å². The number of aryl methyl sites for hydroxylation is 1. The molecule has 5 nitrogen and oxygen atoms in total. The van der Waals surface area contributed by atoms with Gasteiger partial charge in [0.05, 0.1) is 6.10 Å². The number of nitrogens with one attached hydrogen (secondary N) is 1. The molecule has 5 heteroatoms. The molecule has 0 aliphatic carbocycles. The number of anilines is 2. The molecule has 1 aromatic rings. The van der Waals surface area contributed by atoms with Crippen LogP contribution in [0.5, 0.6) is 0 Å². The van der Waals surface area contributed by atoms with E-state index in [0.717, 1.165) is 49.0 Å². The van der Waals surface area contributed by atoms with Crippen LogP contribution in [0.2, 0.25) is 0 Å². The summed E-state index contributed by atoms with van der Waals surface area (Å²) in [6.45, 7) is 7.92. The van der Waals surface area contributed by atoms with E-state index >= 15 is 0 Å². The Morgan fingerprint density at radius 3 is 2.74 bits per heavy atom. The van der Waals surface area contributed by atoms with E-state index in [4.69, 9.17) is 0 Å². The average molecular weight is 264 g/mol. The zero-order chi connectivity index (χ0) is 14.0. The quantitative estimate of drug-likeness (QED) is 0.868. The normalized spacial score (nSPS) is 23.5. The maximum Gasteiger partial charge on any atom is 0.137 e. The van der Waals surface area contributed by atoms with Gasteiger partial charge in [-0.15, -0.1) is 0 Å². The average Bonchev–Trinajstić information content (AvgIpc) is 2.42. The van der Waals surface area contributed by atoms with Gasteiger partial charge in [0.25, 0.3) is 0 Å². The van der Waals surface area contributed by atoms with E-state index in [9.17, 15) is 5.11 Å². The summed E-state index contributed by atoms with van der Waals surface area (Å²) in [5, 5.41) is 13.0. The van der Waals surface area contributed by atoms with Crippen molar-refractivity contribution in [2.24, 2.45) is 5.92 Å². The number of aromatic nitrogens is 2. The summed E-state index contributed by atoms with van der Waals surface area (Å²) < 4.78 is 0. The van der Waals surface area contributed by atoms with Crippen molar-refractivity contribution in [2.45, 2.75) is 39.7 Å². The van der Waals surface area contributed by atoms with Crippen LogP contribution >= 0.6 is 0 Å². The number of aliphatic hydroxyl groups is 1. The second-order valence-electron chi connectivity index (χ2n) is 5.32. The molecule has 2 rings (SSSR count). The zero-order valence-corrected chi connectivity index (χ0v) is 12.3. The van der Waals surface area contributed by atoms with Crippen molar-refractivity contribution in [2.75, 3.05) is 30.4 Å². The second kappa shape index (κ2) is 5.74. The smallest absolute Gasteiger partial charge is 0.137 e. The maximum absolute atomic E-state index is 9.84. The van der Waals surface area contributed by atoms with Gasteiger partial charge in [0.15, 0.2) is 0 Å². The highest BCUT2D eigenvalue weighted by molar-refractivity contribution is 5.58. The molecule has 0 aromatic carbocycles. The van der Waals surface area contributed by atoms with Crippen LogP contribution < -0.4 is 10.2 Å². The van der Waals surface area contributed by atoms with E-state index in [0.29, 0.717) is 0 Å². The Morgan fingerprint density at radius 2 is 2.16 bits per heavy atom. The first kappa shape index (κ1) is 14.1. The molecule has 0 radical (unpaired) electrons. The first-order valence-corrected chi connectivity index (χ1v) is 7.05. The molecular formula is C14H24N4O. The fraction of sp³-hybridized carbons (Fsp3) is 0.714. The number of nitrogens with zero attached hydrogens (tertiary/aromatic N) is 3. The molecule has 106 valence electrons. The van der Waals surface area contributed by atoms with Gasteiger partial charge in [-0.25, -0.2) is 9.97 Å². The van der Waals surface area contributed by atoms with E-state index < -0.39 is 0 Å². The fourth-order valence-corrected chi connectivity index (χ4v) is 2.58. The van der Waals surface area contributed by atoms with Crippen molar-refractivity contribution in [3.63, 3.8) is 0 Å². The van der Waals surface area contributed by atoms with Crippen molar-refractivity contribution in [3.05, 3.63) is 11.4 Å². The maximum atomic E-state index is 9.84. The standard InChI is InChI=1S/C14H24N4O/c1-5-12-16-13(15-4)10(3)14(17-12)18-7-6-11(19)9(2)8-18/h9,11,19H,5-8H2,1-4H3,(H,15,16,17). The fourth-order valence-electron chi connectivity index (χ4n) is 2.58. The summed E-state index contributed by atoms with van der Waals surface area (Å²) >= 11 is 0. The molecule has 1 fully saturated rings. The van der Waals surface area contributed by atoms with Crippen molar-refractivity contribution in [1.29, 1.82) is 0 Å². The molecule has 2 N–H and O–H groups in total. The molecule has 0 spiro atoms. The lowest BCUT2D eigenvalue weighted by molar-refractivity contribution is 0.0968. The molecule has 1 saturated heterocycles. The largest absolute Gasteiger partial charge is 0.393 e. The Balaban J connectivity index is 2.33. The summed E-state index contributed by atoms with van der Waals surface area (Å²) in [5.74, 6) is 3.06. The van der Waals surface area contributed by atoms with Crippen molar-refractivity contribution >= 4 is 11.6 Å². The highest BCUT2D eigenvalue weighted by atomic mass is 16.3. The third-order valence-electron chi connectivity index (χ3n) is 3.88. The van der Waals surface area contributed by atoms with E-state index in [2.05, 4.69) is 41.0 Å². The Bertz CT molecular complexity index is 449. The molecule has 0 bridgehead atoms. The van der Waals surface area contributed by atoms with Gasteiger partial charge in [0, 0.05) is 32.1 Å². The molecule has 1 aliphatic rings.